The number of allylic oxidation sites excluding steroid dienone is 1. The number of aromatic hydroxyl groups is 1. The lowest BCUT2D eigenvalue weighted by molar-refractivity contribution is -0.125. The quantitative estimate of drug-likeness (QED) is 0.148. The van der Waals surface area contributed by atoms with Gasteiger partial charge in [-0.2, -0.15) is 0 Å². The summed E-state index contributed by atoms with van der Waals surface area (Å²) in [6.45, 7) is 0. The Bertz CT molecular complexity index is 1440. The smallest absolute Gasteiger partial charge is 0.255 e. The molecule has 4 rings (SSSR count). The molecule has 10 heteroatoms. The summed E-state index contributed by atoms with van der Waals surface area (Å²) in [5.74, 6) is -5.28. The van der Waals surface area contributed by atoms with E-state index in [1.54, 1.807) is 38.4 Å². The molecule has 0 saturated carbocycles. The average molecular weight is 534 g/mol. The molecule has 39 heavy (non-hydrogen) atoms. The second-order valence-corrected chi connectivity index (χ2v) is 10.0. The highest BCUT2D eigenvalue weighted by Crippen LogP contribution is 2.43. The number of hydrogen-bond donors (Lipinski definition) is 6. The minimum absolute atomic E-state index is 0.0609. The Morgan fingerprint density at radius 1 is 1.00 bits per heavy atom. The highest BCUT2D eigenvalue weighted by Gasteiger charge is 2.41. The molecule has 2 aliphatic carbocycles. The van der Waals surface area contributed by atoms with Crippen LogP contribution in [0.25, 0.3) is 17.9 Å². The van der Waals surface area contributed by atoms with Gasteiger partial charge < -0.3 is 31.9 Å². The highest BCUT2D eigenvalue weighted by atomic mass is 16.3. The molecule has 204 valence electrons. The number of hydrogen-bond acceptors (Lipinski definition) is 9. The first kappa shape index (κ1) is 27.6. The van der Waals surface area contributed by atoms with Crippen molar-refractivity contribution in [2.75, 3.05) is 19.8 Å². The zero-order chi connectivity index (χ0) is 28.6. The number of nitrogen functional groups attached to an aromatic ring is 1. The molecule has 0 unspecified atom stereocenters. The second-order valence-electron chi connectivity index (χ2n) is 10.0. The minimum Gasteiger partial charge on any atom is -0.510 e. The van der Waals surface area contributed by atoms with Gasteiger partial charge >= 0.3 is 0 Å². The van der Waals surface area contributed by atoms with Gasteiger partial charge in [0, 0.05) is 11.3 Å². The van der Waals surface area contributed by atoms with Crippen molar-refractivity contribution in [1.29, 1.82) is 0 Å². The van der Waals surface area contributed by atoms with Crippen LogP contribution < -0.4 is 11.5 Å². The zero-order valence-corrected chi connectivity index (χ0v) is 21.6. The fourth-order valence-electron chi connectivity index (χ4n) is 5.40. The van der Waals surface area contributed by atoms with Gasteiger partial charge in [0.05, 0.1) is 24.1 Å². The van der Waals surface area contributed by atoms with E-state index in [0.717, 1.165) is 5.56 Å². The fraction of sp³-hybridized carbons (Fsp3) is 0.276. The van der Waals surface area contributed by atoms with Crippen molar-refractivity contribution in [2.24, 2.45) is 11.7 Å². The number of carbonyl (C=O) groups excluding carboxylic acids is 3. The molecule has 0 radical (unpaired) electrons. The van der Waals surface area contributed by atoms with Gasteiger partial charge in [-0.1, -0.05) is 30.4 Å². The van der Waals surface area contributed by atoms with Crippen LogP contribution in [-0.4, -0.2) is 69.0 Å². The number of aliphatic hydroxyl groups is 3. The standard InChI is InChI=1S/C29H31N3O7/c1-32(2)26-22(36)12-16-11-18-15(6-3-14-4-8-17(30)9-5-14)7-10-19(33)24(18)27(37)23(16)20(34)13-21(35)25(28(26)38)29(31)39/h3-10,16,22,26,33,36-38H,11-13,30H2,1-2H3,(H2,31,39)/b6-3+,28-25-/t16-,22-,26-/m0/s1. The number of aliphatic hydroxyl groups excluding tert-OH is 3. The zero-order valence-electron chi connectivity index (χ0n) is 21.6. The Kier molecular flexibility index (Phi) is 7.62. The van der Waals surface area contributed by atoms with Crippen molar-refractivity contribution in [3.8, 4) is 5.75 Å². The second kappa shape index (κ2) is 10.8. The van der Waals surface area contributed by atoms with Gasteiger partial charge in [0.15, 0.2) is 11.6 Å². The van der Waals surface area contributed by atoms with Crippen LogP contribution in [-0.2, 0) is 20.8 Å². The van der Waals surface area contributed by atoms with Gasteiger partial charge in [0.1, 0.15) is 22.8 Å². The third kappa shape index (κ3) is 5.29. The summed E-state index contributed by atoms with van der Waals surface area (Å²) in [6.07, 6.45) is 1.50. The van der Waals surface area contributed by atoms with Crippen LogP contribution in [0.3, 0.4) is 0 Å². The van der Waals surface area contributed by atoms with Crippen LogP contribution in [0.2, 0.25) is 0 Å². The highest BCUT2D eigenvalue weighted by molar-refractivity contribution is 6.25. The number of likely N-dealkylation sites (N-methyl/N-ethyl adjacent to an activating group) is 1. The van der Waals surface area contributed by atoms with Gasteiger partial charge in [-0.3, -0.25) is 19.3 Å². The number of rotatable bonds is 4. The average Bonchev–Trinajstić information content (AvgIpc) is 2.83. The Morgan fingerprint density at radius 3 is 2.28 bits per heavy atom. The molecule has 0 aliphatic heterocycles. The van der Waals surface area contributed by atoms with Crippen LogP contribution in [0, 0.1) is 5.92 Å². The number of phenolic OH excluding ortho intramolecular Hbond substituents is 1. The number of Topliss-reactive ketones (excluding diaryl/α,β-unsaturated/α-hetero) is 2. The SMILES string of the molecule is CN(C)[C@@H]1/C(O)=C(/C(N)=O)C(=O)CC(=O)C2=C(O)c3c(O)ccc(/C=C/c4ccc(N)cc4)c3C[C@H]2C[C@@H]1O. The van der Waals surface area contributed by atoms with Crippen molar-refractivity contribution in [1.82, 2.24) is 4.90 Å². The molecule has 0 spiro atoms. The molecule has 1 amide bonds. The first-order valence-corrected chi connectivity index (χ1v) is 12.4. The number of nitrogens with two attached hydrogens (primary N) is 2. The predicted molar refractivity (Wildman–Crippen MR) is 146 cm³/mol. The molecule has 2 aliphatic rings. The number of fused-ring (bicyclic) bond motifs is 2. The third-order valence-corrected chi connectivity index (χ3v) is 7.20. The molecule has 0 saturated heterocycles. The molecule has 0 aromatic heterocycles. The van der Waals surface area contributed by atoms with Crippen molar-refractivity contribution >= 4 is 41.1 Å². The number of primary amides is 1. The molecule has 3 atom stereocenters. The van der Waals surface area contributed by atoms with E-state index in [0.29, 0.717) is 16.8 Å². The lowest BCUT2D eigenvalue weighted by atomic mass is 9.74. The molecular weight excluding hydrogens is 502 g/mol. The van der Waals surface area contributed by atoms with Crippen LogP contribution in [0.4, 0.5) is 5.69 Å². The summed E-state index contributed by atoms with van der Waals surface area (Å²) in [6, 6.07) is 9.09. The molecule has 0 heterocycles. The lowest BCUT2D eigenvalue weighted by Gasteiger charge is -2.35. The van der Waals surface area contributed by atoms with E-state index in [-0.39, 0.29) is 29.7 Å². The topological polar surface area (TPSA) is 187 Å². The number of anilines is 1. The molecule has 0 fully saturated rings. The molecule has 2 aromatic carbocycles. The molecule has 0 bridgehead atoms. The monoisotopic (exact) mass is 533 g/mol. The minimum atomic E-state index is -1.35. The fourth-order valence-corrected chi connectivity index (χ4v) is 5.40. The first-order valence-electron chi connectivity index (χ1n) is 12.4. The predicted octanol–water partition coefficient (Wildman–Crippen LogP) is 2.11. The van der Waals surface area contributed by atoms with Crippen LogP contribution >= 0.6 is 0 Å². The van der Waals surface area contributed by atoms with Gasteiger partial charge in [-0.25, -0.2) is 0 Å². The van der Waals surface area contributed by atoms with Crippen molar-refractivity contribution in [2.45, 2.75) is 31.4 Å². The summed E-state index contributed by atoms with van der Waals surface area (Å²) >= 11 is 0. The van der Waals surface area contributed by atoms with Crippen LogP contribution in [0.15, 0.2) is 53.3 Å². The maximum Gasteiger partial charge on any atom is 0.255 e. The van der Waals surface area contributed by atoms with Crippen molar-refractivity contribution < 1.29 is 34.8 Å². The summed E-state index contributed by atoms with van der Waals surface area (Å²) in [5.41, 5.74) is 13.0. The third-order valence-electron chi connectivity index (χ3n) is 7.20. The van der Waals surface area contributed by atoms with Gasteiger partial charge in [0.2, 0.25) is 0 Å². The van der Waals surface area contributed by atoms with E-state index in [2.05, 4.69) is 0 Å². The first-order chi connectivity index (χ1) is 18.4. The molecular formula is C29H31N3O7. The Labute approximate surface area is 225 Å². The summed E-state index contributed by atoms with van der Waals surface area (Å²) in [5, 5.41) is 44.0. The van der Waals surface area contributed by atoms with E-state index in [1.165, 1.54) is 11.0 Å². The molecule has 8 N–H and O–H groups in total. The van der Waals surface area contributed by atoms with Gasteiger partial charge in [0.25, 0.3) is 5.91 Å². The number of amides is 1. The largest absolute Gasteiger partial charge is 0.510 e. The summed E-state index contributed by atoms with van der Waals surface area (Å²) in [4.78, 5) is 39.8. The normalized spacial score (nSPS) is 24.2. The van der Waals surface area contributed by atoms with E-state index in [1.807, 2.05) is 18.2 Å². The maximum atomic E-state index is 13.3. The van der Waals surface area contributed by atoms with Gasteiger partial charge in [-0.15, -0.1) is 0 Å². The number of phenols is 1. The van der Waals surface area contributed by atoms with Gasteiger partial charge in [-0.05, 0) is 67.7 Å². The summed E-state index contributed by atoms with van der Waals surface area (Å²) < 4.78 is 0. The molecule has 2 aromatic rings. The lowest BCUT2D eigenvalue weighted by Crippen LogP contribution is -2.45. The van der Waals surface area contributed by atoms with Crippen LogP contribution in [0.1, 0.15) is 35.1 Å². The van der Waals surface area contributed by atoms with E-state index < -0.39 is 59.0 Å². The van der Waals surface area contributed by atoms with E-state index in [4.69, 9.17) is 11.5 Å². The van der Waals surface area contributed by atoms with Crippen LogP contribution in [0.5, 0.6) is 5.75 Å². The maximum absolute atomic E-state index is 13.3. The Balaban J connectivity index is 1.85. The van der Waals surface area contributed by atoms with Crippen molar-refractivity contribution in [3.05, 3.63) is 75.6 Å². The summed E-state index contributed by atoms with van der Waals surface area (Å²) in [7, 11) is 3.10. The Morgan fingerprint density at radius 2 is 1.67 bits per heavy atom. The molecule has 10 nitrogen and oxygen atoms in total. The van der Waals surface area contributed by atoms with Crippen molar-refractivity contribution in [3.63, 3.8) is 0 Å². The van der Waals surface area contributed by atoms with E-state index in [9.17, 15) is 34.8 Å². The number of ketones is 2. The Hall–Kier alpha value is -4.41. The number of carbonyl (C=O) groups is 3. The number of benzene rings is 2. The number of nitrogens with zero attached hydrogens (tertiary/aromatic N) is 1. The van der Waals surface area contributed by atoms with E-state index >= 15 is 0 Å².